The molecule has 0 saturated heterocycles. The molecule has 1 aromatic heterocycles. The number of esters is 1. The van der Waals surface area contributed by atoms with Crippen molar-refractivity contribution < 1.29 is 22.7 Å². The molecule has 0 bridgehead atoms. The highest BCUT2D eigenvalue weighted by atomic mass is 35.5. The van der Waals surface area contributed by atoms with Gasteiger partial charge >= 0.3 is 5.97 Å². The van der Waals surface area contributed by atoms with Gasteiger partial charge in [-0.05, 0) is 42.5 Å². The van der Waals surface area contributed by atoms with Crippen molar-refractivity contribution in [2.75, 3.05) is 13.4 Å². The fraction of sp³-hybridized carbons (Fsp3) is 0.167. The van der Waals surface area contributed by atoms with Crippen LogP contribution in [-0.2, 0) is 25.9 Å². The van der Waals surface area contributed by atoms with Crippen LogP contribution >= 0.6 is 22.9 Å². The first-order valence-electron chi connectivity index (χ1n) is 7.94. The van der Waals surface area contributed by atoms with Crippen molar-refractivity contribution in [3.8, 4) is 0 Å². The van der Waals surface area contributed by atoms with Gasteiger partial charge in [0.25, 0.3) is 5.91 Å². The van der Waals surface area contributed by atoms with E-state index in [2.05, 4.69) is 4.99 Å². The number of nitrogens with zero attached hydrogens (tertiary/aromatic N) is 2. The van der Waals surface area contributed by atoms with Crippen LogP contribution in [-0.4, -0.2) is 38.2 Å². The molecule has 10 heteroatoms. The molecule has 3 aromatic rings. The summed E-state index contributed by atoms with van der Waals surface area (Å²) in [5.74, 6) is -1.04. The van der Waals surface area contributed by atoms with E-state index in [-0.39, 0.29) is 17.0 Å². The molecule has 0 aliphatic carbocycles. The number of amides is 1. The van der Waals surface area contributed by atoms with Crippen LogP contribution in [0.3, 0.4) is 0 Å². The van der Waals surface area contributed by atoms with E-state index in [9.17, 15) is 18.0 Å². The Morgan fingerprint density at radius 2 is 1.86 bits per heavy atom. The Balaban J connectivity index is 2.08. The summed E-state index contributed by atoms with van der Waals surface area (Å²) in [4.78, 5) is 28.9. The molecule has 0 aliphatic heterocycles. The predicted molar refractivity (Wildman–Crippen MR) is 106 cm³/mol. The summed E-state index contributed by atoms with van der Waals surface area (Å²) in [5, 5.41) is 0.521. The monoisotopic (exact) mass is 438 g/mol. The summed E-state index contributed by atoms with van der Waals surface area (Å²) in [6.45, 7) is -0.114. The highest BCUT2D eigenvalue weighted by molar-refractivity contribution is 7.90. The second-order valence-electron chi connectivity index (χ2n) is 5.87. The van der Waals surface area contributed by atoms with E-state index in [4.69, 9.17) is 16.3 Å². The lowest BCUT2D eigenvalue weighted by Gasteiger charge is -2.04. The van der Waals surface area contributed by atoms with Crippen molar-refractivity contribution in [2.24, 2.45) is 4.99 Å². The van der Waals surface area contributed by atoms with Crippen LogP contribution in [0, 0.1) is 0 Å². The van der Waals surface area contributed by atoms with Gasteiger partial charge in [0.2, 0.25) is 0 Å². The maximum Gasteiger partial charge on any atom is 0.325 e. The number of ether oxygens (including phenoxy) is 1. The SMILES string of the molecule is COC(=O)Cn1c(=NC(=O)c2ccc(S(C)(=O)=O)cc2)sc2cc(Cl)ccc21. The number of carbonyl (C=O) groups is 2. The summed E-state index contributed by atoms with van der Waals surface area (Å²) in [7, 11) is -2.08. The molecule has 0 atom stereocenters. The van der Waals surface area contributed by atoms with Gasteiger partial charge in [-0.1, -0.05) is 22.9 Å². The van der Waals surface area contributed by atoms with Gasteiger partial charge in [-0.2, -0.15) is 4.99 Å². The Hall–Kier alpha value is -2.49. The van der Waals surface area contributed by atoms with Gasteiger partial charge < -0.3 is 9.30 Å². The molecule has 28 heavy (non-hydrogen) atoms. The average molecular weight is 439 g/mol. The van der Waals surface area contributed by atoms with Gasteiger partial charge in [-0.15, -0.1) is 0 Å². The molecule has 146 valence electrons. The number of sulfone groups is 1. The molecule has 0 radical (unpaired) electrons. The zero-order chi connectivity index (χ0) is 20.5. The number of hydrogen-bond acceptors (Lipinski definition) is 6. The van der Waals surface area contributed by atoms with Crippen molar-refractivity contribution in [3.63, 3.8) is 0 Å². The van der Waals surface area contributed by atoms with Crippen molar-refractivity contribution in [1.29, 1.82) is 0 Å². The maximum absolute atomic E-state index is 12.6. The lowest BCUT2D eigenvalue weighted by atomic mass is 10.2. The fourth-order valence-electron chi connectivity index (χ4n) is 2.47. The minimum absolute atomic E-state index is 0.112. The minimum atomic E-state index is -3.36. The Morgan fingerprint density at radius 1 is 1.18 bits per heavy atom. The molecule has 0 saturated carbocycles. The molecular weight excluding hydrogens is 424 g/mol. The van der Waals surface area contributed by atoms with E-state index in [0.717, 1.165) is 11.0 Å². The Morgan fingerprint density at radius 3 is 2.46 bits per heavy atom. The third-order valence-corrected chi connectivity index (χ3v) is 6.29. The average Bonchev–Trinajstić information content (AvgIpc) is 2.97. The van der Waals surface area contributed by atoms with E-state index in [1.165, 1.54) is 42.7 Å². The smallest absolute Gasteiger partial charge is 0.325 e. The molecule has 2 aromatic carbocycles. The van der Waals surface area contributed by atoms with Crippen molar-refractivity contribution in [1.82, 2.24) is 4.57 Å². The molecule has 0 N–H and O–H groups in total. The van der Waals surface area contributed by atoms with Crippen LogP contribution in [0.1, 0.15) is 10.4 Å². The van der Waals surface area contributed by atoms with Crippen LogP contribution < -0.4 is 4.80 Å². The number of benzene rings is 2. The number of aromatic nitrogens is 1. The number of methoxy groups -OCH3 is 1. The maximum atomic E-state index is 12.6. The number of fused-ring (bicyclic) bond motifs is 1. The van der Waals surface area contributed by atoms with Gasteiger partial charge in [0.15, 0.2) is 14.6 Å². The molecule has 1 amide bonds. The van der Waals surface area contributed by atoms with Crippen molar-refractivity contribution in [3.05, 3.63) is 57.9 Å². The molecule has 0 unspecified atom stereocenters. The van der Waals surface area contributed by atoms with E-state index < -0.39 is 21.7 Å². The first-order chi connectivity index (χ1) is 13.2. The third kappa shape index (κ3) is 4.32. The third-order valence-electron chi connectivity index (χ3n) is 3.89. The standard InChI is InChI=1S/C18H15ClN2O5S2/c1-26-16(22)10-21-14-8-5-12(19)9-15(14)27-18(21)20-17(23)11-3-6-13(7-4-11)28(2,24)25/h3-9H,10H2,1-2H3. The lowest BCUT2D eigenvalue weighted by Crippen LogP contribution is -2.22. The normalized spacial score (nSPS) is 12.3. The van der Waals surface area contributed by atoms with Gasteiger partial charge in [-0.25, -0.2) is 8.42 Å². The molecule has 0 fully saturated rings. The first-order valence-corrected chi connectivity index (χ1v) is 11.0. The number of thiazole rings is 1. The van der Waals surface area contributed by atoms with Crippen LogP contribution in [0.2, 0.25) is 5.02 Å². The predicted octanol–water partition coefficient (Wildman–Crippen LogP) is 2.67. The van der Waals surface area contributed by atoms with Crippen molar-refractivity contribution in [2.45, 2.75) is 11.4 Å². The van der Waals surface area contributed by atoms with E-state index >= 15 is 0 Å². The van der Waals surface area contributed by atoms with Crippen LogP contribution in [0.15, 0.2) is 52.4 Å². The summed E-state index contributed by atoms with van der Waals surface area (Å²) in [6.07, 6.45) is 1.09. The largest absolute Gasteiger partial charge is 0.468 e. The number of halogens is 1. The second kappa shape index (κ2) is 7.86. The van der Waals surface area contributed by atoms with E-state index in [0.29, 0.717) is 15.3 Å². The molecule has 7 nitrogen and oxygen atoms in total. The molecular formula is C18H15ClN2O5S2. The topological polar surface area (TPSA) is 94.8 Å². The second-order valence-corrected chi connectivity index (χ2v) is 9.33. The quantitative estimate of drug-likeness (QED) is 0.583. The van der Waals surface area contributed by atoms with Crippen LogP contribution in [0.5, 0.6) is 0 Å². The highest BCUT2D eigenvalue weighted by Crippen LogP contribution is 2.22. The number of hydrogen-bond donors (Lipinski definition) is 0. The summed E-state index contributed by atoms with van der Waals surface area (Å²) < 4.78 is 30.1. The summed E-state index contributed by atoms with van der Waals surface area (Å²) in [6, 6.07) is 10.6. The summed E-state index contributed by atoms with van der Waals surface area (Å²) >= 11 is 7.23. The zero-order valence-electron chi connectivity index (χ0n) is 14.9. The molecule has 0 aliphatic rings. The van der Waals surface area contributed by atoms with E-state index in [1.54, 1.807) is 22.8 Å². The molecule has 0 spiro atoms. The lowest BCUT2D eigenvalue weighted by molar-refractivity contribution is -0.141. The van der Waals surface area contributed by atoms with Crippen LogP contribution in [0.25, 0.3) is 10.2 Å². The first kappa shape index (κ1) is 20.2. The Bertz CT molecular complexity index is 1240. The zero-order valence-corrected chi connectivity index (χ0v) is 17.3. The molecule has 1 heterocycles. The Kier molecular flexibility index (Phi) is 5.69. The van der Waals surface area contributed by atoms with Gasteiger partial charge in [-0.3, -0.25) is 9.59 Å². The number of carbonyl (C=O) groups excluding carboxylic acids is 2. The fourth-order valence-corrected chi connectivity index (χ4v) is 4.41. The molecule has 3 rings (SSSR count). The summed E-state index contributed by atoms with van der Waals surface area (Å²) in [5.41, 5.74) is 0.922. The van der Waals surface area contributed by atoms with Gasteiger partial charge in [0.1, 0.15) is 6.54 Å². The van der Waals surface area contributed by atoms with Crippen LogP contribution in [0.4, 0.5) is 0 Å². The van der Waals surface area contributed by atoms with Gasteiger partial charge in [0.05, 0.1) is 22.2 Å². The minimum Gasteiger partial charge on any atom is -0.468 e. The number of rotatable bonds is 4. The van der Waals surface area contributed by atoms with E-state index in [1.807, 2.05) is 0 Å². The highest BCUT2D eigenvalue weighted by Gasteiger charge is 2.14. The van der Waals surface area contributed by atoms with Gasteiger partial charge in [0, 0.05) is 16.8 Å². The van der Waals surface area contributed by atoms with Crippen molar-refractivity contribution >= 4 is 54.9 Å². The Labute approximate surface area is 169 Å².